The minimum atomic E-state index is 0.0490. The van der Waals surface area contributed by atoms with Crippen molar-refractivity contribution in [3.05, 3.63) is 40.2 Å². The molecule has 1 aromatic heterocycles. The maximum Gasteiger partial charge on any atom is 0.251 e. The van der Waals surface area contributed by atoms with Crippen molar-refractivity contribution >= 4 is 17.2 Å². The third-order valence-electron chi connectivity index (χ3n) is 4.25. The van der Waals surface area contributed by atoms with E-state index in [-0.39, 0.29) is 5.91 Å². The van der Waals surface area contributed by atoms with Crippen molar-refractivity contribution in [3.8, 4) is 11.3 Å². The second-order valence-corrected chi connectivity index (χ2v) is 7.05. The summed E-state index contributed by atoms with van der Waals surface area (Å²) in [6.45, 7) is 2.00. The van der Waals surface area contributed by atoms with Gasteiger partial charge < -0.3 is 5.32 Å². The Balaban J connectivity index is 1.65. The summed E-state index contributed by atoms with van der Waals surface area (Å²) in [6, 6.07) is 8.11. The lowest BCUT2D eigenvalue weighted by atomic mass is 10.1. The number of carbonyl (C=O) groups is 1. The van der Waals surface area contributed by atoms with Gasteiger partial charge in [0, 0.05) is 22.5 Å². The van der Waals surface area contributed by atoms with Crippen LogP contribution in [-0.2, 0) is 0 Å². The van der Waals surface area contributed by atoms with Crippen LogP contribution in [-0.4, -0.2) is 16.9 Å². The van der Waals surface area contributed by atoms with Crippen LogP contribution in [0.2, 0.25) is 0 Å². The van der Waals surface area contributed by atoms with Crippen LogP contribution >= 0.6 is 11.3 Å². The largest absolute Gasteiger partial charge is 0.349 e. The SMILES string of the molecule is Cc1nc(-c2ccc(C(=O)NC3CCCCCC3)cc2)cs1. The smallest absolute Gasteiger partial charge is 0.251 e. The lowest BCUT2D eigenvalue weighted by Gasteiger charge is -2.16. The number of aromatic nitrogens is 1. The van der Waals surface area contributed by atoms with Gasteiger partial charge in [-0.1, -0.05) is 37.8 Å². The number of thiazole rings is 1. The predicted octanol–water partition coefficient (Wildman–Crippen LogP) is 4.57. The molecular formula is C18H22N2OS. The van der Waals surface area contributed by atoms with Gasteiger partial charge in [-0.05, 0) is 31.9 Å². The molecular weight excluding hydrogens is 292 g/mol. The molecule has 0 bridgehead atoms. The van der Waals surface area contributed by atoms with Crippen LogP contribution in [0.1, 0.15) is 53.9 Å². The molecule has 2 aromatic rings. The Hall–Kier alpha value is -1.68. The van der Waals surface area contributed by atoms with Gasteiger partial charge in [0.2, 0.25) is 0 Å². The zero-order valence-corrected chi connectivity index (χ0v) is 13.8. The molecule has 0 aliphatic heterocycles. The molecule has 0 saturated heterocycles. The van der Waals surface area contributed by atoms with E-state index in [1.165, 1.54) is 25.7 Å². The van der Waals surface area contributed by atoms with Crippen LogP contribution in [0, 0.1) is 6.92 Å². The molecule has 0 radical (unpaired) electrons. The fourth-order valence-corrected chi connectivity index (χ4v) is 3.60. The Morgan fingerprint density at radius 2 is 1.82 bits per heavy atom. The van der Waals surface area contributed by atoms with E-state index in [4.69, 9.17) is 0 Å². The van der Waals surface area contributed by atoms with Crippen molar-refractivity contribution in [3.63, 3.8) is 0 Å². The van der Waals surface area contributed by atoms with E-state index >= 15 is 0 Å². The molecule has 116 valence electrons. The van der Waals surface area contributed by atoms with Crippen LogP contribution in [0.25, 0.3) is 11.3 Å². The first-order valence-corrected chi connectivity index (χ1v) is 8.94. The van der Waals surface area contributed by atoms with E-state index in [0.29, 0.717) is 6.04 Å². The second-order valence-electron chi connectivity index (χ2n) is 5.99. The van der Waals surface area contributed by atoms with Crippen molar-refractivity contribution in [1.29, 1.82) is 0 Å². The zero-order valence-electron chi connectivity index (χ0n) is 13.0. The molecule has 1 amide bonds. The fourth-order valence-electron chi connectivity index (χ4n) is 2.98. The zero-order chi connectivity index (χ0) is 15.4. The first-order valence-electron chi connectivity index (χ1n) is 8.06. The van der Waals surface area contributed by atoms with E-state index in [1.807, 2.05) is 31.2 Å². The van der Waals surface area contributed by atoms with Gasteiger partial charge >= 0.3 is 0 Å². The summed E-state index contributed by atoms with van der Waals surface area (Å²) < 4.78 is 0. The van der Waals surface area contributed by atoms with Crippen LogP contribution in [0.4, 0.5) is 0 Å². The first-order chi connectivity index (χ1) is 10.7. The molecule has 0 unspecified atom stereocenters. The number of carbonyl (C=O) groups excluding carboxylic acids is 1. The molecule has 1 aromatic carbocycles. The molecule has 1 heterocycles. The Kier molecular flexibility index (Phi) is 4.88. The summed E-state index contributed by atoms with van der Waals surface area (Å²) in [5.74, 6) is 0.0490. The monoisotopic (exact) mass is 314 g/mol. The van der Waals surface area contributed by atoms with Gasteiger partial charge in [-0.2, -0.15) is 0 Å². The van der Waals surface area contributed by atoms with Crippen molar-refractivity contribution in [2.75, 3.05) is 0 Å². The minimum absolute atomic E-state index is 0.0490. The highest BCUT2D eigenvalue weighted by atomic mass is 32.1. The van der Waals surface area contributed by atoms with E-state index in [0.717, 1.165) is 34.7 Å². The number of amides is 1. The highest BCUT2D eigenvalue weighted by molar-refractivity contribution is 7.09. The van der Waals surface area contributed by atoms with Gasteiger partial charge in [0.15, 0.2) is 0 Å². The van der Waals surface area contributed by atoms with Gasteiger partial charge in [0.1, 0.15) is 0 Å². The van der Waals surface area contributed by atoms with Crippen LogP contribution in [0.15, 0.2) is 29.6 Å². The predicted molar refractivity (Wildman–Crippen MR) is 91.2 cm³/mol. The summed E-state index contributed by atoms with van der Waals surface area (Å²) in [7, 11) is 0. The lowest BCUT2D eigenvalue weighted by Crippen LogP contribution is -2.34. The van der Waals surface area contributed by atoms with Crippen molar-refractivity contribution < 1.29 is 4.79 Å². The van der Waals surface area contributed by atoms with Gasteiger partial charge in [0.05, 0.1) is 10.7 Å². The van der Waals surface area contributed by atoms with Crippen LogP contribution in [0.3, 0.4) is 0 Å². The van der Waals surface area contributed by atoms with E-state index in [2.05, 4.69) is 15.7 Å². The first kappa shape index (κ1) is 15.2. The van der Waals surface area contributed by atoms with Gasteiger partial charge in [-0.25, -0.2) is 4.98 Å². The third kappa shape index (κ3) is 3.74. The molecule has 1 N–H and O–H groups in total. The summed E-state index contributed by atoms with van der Waals surface area (Å²) >= 11 is 1.64. The highest BCUT2D eigenvalue weighted by Crippen LogP contribution is 2.22. The van der Waals surface area contributed by atoms with Gasteiger partial charge in [0.25, 0.3) is 5.91 Å². The number of hydrogen-bond acceptors (Lipinski definition) is 3. The molecule has 1 fully saturated rings. The van der Waals surface area contributed by atoms with Crippen LogP contribution in [0.5, 0.6) is 0 Å². The number of benzene rings is 1. The summed E-state index contributed by atoms with van der Waals surface area (Å²) in [5, 5.41) is 6.30. The third-order valence-corrected chi connectivity index (χ3v) is 5.03. The molecule has 4 heteroatoms. The van der Waals surface area contributed by atoms with Crippen molar-refractivity contribution in [2.24, 2.45) is 0 Å². The molecule has 3 rings (SSSR count). The second kappa shape index (κ2) is 7.05. The molecule has 3 nitrogen and oxygen atoms in total. The molecule has 1 aliphatic carbocycles. The summed E-state index contributed by atoms with van der Waals surface area (Å²) in [5.41, 5.74) is 2.79. The molecule has 1 aliphatic rings. The topological polar surface area (TPSA) is 42.0 Å². The van der Waals surface area contributed by atoms with Gasteiger partial charge in [-0.15, -0.1) is 11.3 Å². The van der Waals surface area contributed by atoms with E-state index in [9.17, 15) is 4.79 Å². The minimum Gasteiger partial charge on any atom is -0.349 e. The Bertz CT molecular complexity index is 625. The number of nitrogens with one attached hydrogen (secondary N) is 1. The Labute approximate surface area is 135 Å². The van der Waals surface area contributed by atoms with Crippen molar-refractivity contribution in [2.45, 2.75) is 51.5 Å². The quantitative estimate of drug-likeness (QED) is 0.843. The highest BCUT2D eigenvalue weighted by Gasteiger charge is 2.15. The number of nitrogens with zero attached hydrogens (tertiary/aromatic N) is 1. The summed E-state index contributed by atoms with van der Waals surface area (Å²) in [6.07, 6.45) is 7.28. The fraction of sp³-hybridized carbons (Fsp3) is 0.444. The number of rotatable bonds is 3. The normalized spacial score (nSPS) is 16.2. The van der Waals surface area contributed by atoms with E-state index < -0.39 is 0 Å². The average Bonchev–Trinajstić information content (AvgIpc) is 2.80. The molecule has 0 atom stereocenters. The van der Waals surface area contributed by atoms with Crippen LogP contribution < -0.4 is 5.32 Å². The Morgan fingerprint density at radius 1 is 1.14 bits per heavy atom. The average molecular weight is 314 g/mol. The Morgan fingerprint density at radius 3 is 2.41 bits per heavy atom. The molecule has 0 spiro atoms. The lowest BCUT2D eigenvalue weighted by molar-refractivity contribution is 0.0933. The molecule has 1 saturated carbocycles. The molecule has 22 heavy (non-hydrogen) atoms. The summed E-state index contributed by atoms with van der Waals surface area (Å²) in [4.78, 5) is 16.8. The van der Waals surface area contributed by atoms with Crippen molar-refractivity contribution in [1.82, 2.24) is 10.3 Å². The number of aryl methyl sites for hydroxylation is 1. The number of hydrogen-bond donors (Lipinski definition) is 1. The maximum atomic E-state index is 12.4. The standard InChI is InChI=1S/C18H22N2OS/c1-13-19-17(12-22-13)14-8-10-15(11-9-14)18(21)20-16-6-4-2-3-5-7-16/h8-12,16H,2-7H2,1H3,(H,20,21). The van der Waals surface area contributed by atoms with Gasteiger partial charge in [-0.3, -0.25) is 4.79 Å². The maximum absolute atomic E-state index is 12.4. The van der Waals surface area contributed by atoms with E-state index in [1.54, 1.807) is 11.3 Å².